The molecular formula is C30H29N7O5S. The Kier molecular flexibility index (Phi) is 7.55. The molecule has 0 bridgehead atoms. The molecule has 2 amide bonds. The number of aromatic nitrogens is 4. The van der Waals surface area contributed by atoms with Gasteiger partial charge in [-0.15, -0.1) is 6.42 Å². The highest BCUT2D eigenvalue weighted by atomic mass is 32.2. The topological polar surface area (TPSA) is 155 Å². The molecule has 0 spiro atoms. The van der Waals surface area contributed by atoms with E-state index in [1.165, 1.54) is 22.9 Å². The summed E-state index contributed by atoms with van der Waals surface area (Å²) in [7, 11) is -3.94. The molecule has 0 radical (unpaired) electrons. The SMILES string of the molecule is C#Cc1ccc2[nH]c(S(=O)(=O)N3CCN(C(=O)c4ncc(-c5cccc[n+]5[O-])cn4)C(CCNC(=O)C4CC4)C3)cc2c1. The number of rotatable bonds is 8. The molecule has 4 heterocycles. The number of pyridine rings is 1. The van der Waals surface area contributed by atoms with Gasteiger partial charge in [0.2, 0.25) is 17.4 Å². The van der Waals surface area contributed by atoms with Gasteiger partial charge in [-0.2, -0.15) is 9.04 Å². The molecule has 1 saturated heterocycles. The first-order chi connectivity index (χ1) is 20.7. The number of hydrogen-bond donors (Lipinski definition) is 2. The van der Waals surface area contributed by atoms with Gasteiger partial charge in [-0.3, -0.25) is 9.59 Å². The van der Waals surface area contributed by atoms with Gasteiger partial charge in [-0.1, -0.05) is 5.92 Å². The van der Waals surface area contributed by atoms with Crippen molar-refractivity contribution in [1.29, 1.82) is 0 Å². The van der Waals surface area contributed by atoms with Crippen molar-refractivity contribution in [2.24, 2.45) is 5.92 Å². The van der Waals surface area contributed by atoms with Crippen LogP contribution in [0.1, 0.15) is 35.4 Å². The van der Waals surface area contributed by atoms with Crippen LogP contribution >= 0.6 is 0 Å². The van der Waals surface area contributed by atoms with Crippen LogP contribution in [0.25, 0.3) is 22.2 Å². The fourth-order valence-corrected chi connectivity index (χ4v) is 6.72. The Bertz CT molecular complexity index is 1840. The number of benzene rings is 1. The van der Waals surface area contributed by atoms with E-state index in [2.05, 4.69) is 26.2 Å². The Balaban J connectivity index is 1.22. The van der Waals surface area contributed by atoms with E-state index in [1.807, 2.05) is 0 Å². The minimum absolute atomic E-state index is 0.0244. The molecule has 4 aromatic rings. The second-order valence-corrected chi connectivity index (χ2v) is 12.6. The monoisotopic (exact) mass is 599 g/mol. The highest BCUT2D eigenvalue weighted by Gasteiger charge is 2.38. The third-order valence-electron chi connectivity index (χ3n) is 7.77. The number of nitrogens with zero attached hydrogens (tertiary/aromatic N) is 5. The normalized spacial score (nSPS) is 17.5. The van der Waals surface area contributed by atoms with Crippen LogP contribution < -0.4 is 10.0 Å². The lowest BCUT2D eigenvalue weighted by Crippen LogP contribution is -2.57. The van der Waals surface area contributed by atoms with Crippen molar-refractivity contribution in [1.82, 2.24) is 29.5 Å². The Morgan fingerprint density at radius 1 is 1.14 bits per heavy atom. The molecular weight excluding hydrogens is 570 g/mol. The second-order valence-electron chi connectivity index (χ2n) is 10.7. The maximum absolute atomic E-state index is 13.7. The lowest BCUT2D eigenvalue weighted by molar-refractivity contribution is -0.593. The van der Waals surface area contributed by atoms with Crippen LogP contribution in [-0.2, 0) is 14.8 Å². The summed E-state index contributed by atoms with van der Waals surface area (Å²) in [4.78, 5) is 38.8. The highest BCUT2D eigenvalue weighted by molar-refractivity contribution is 7.89. The van der Waals surface area contributed by atoms with Crippen LogP contribution in [0.2, 0.25) is 0 Å². The van der Waals surface area contributed by atoms with E-state index >= 15 is 0 Å². The number of piperazine rings is 1. The average Bonchev–Trinajstić information content (AvgIpc) is 3.79. The van der Waals surface area contributed by atoms with Crippen molar-refractivity contribution in [3.63, 3.8) is 0 Å². The Morgan fingerprint density at radius 2 is 1.93 bits per heavy atom. The third kappa shape index (κ3) is 5.79. The first kappa shape index (κ1) is 28.3. The van der Waals surface area contributed by atoms with E-state index < -0.39 is 22.0 Å². The van der Waals surface area contributed by atoms with Crippen molar-refractivity contribution < 1.29 is 22.7 Å². The van der Waals surface area contributed by atoms with Crippen LogP contribution in [-0.4, -0.2) is 76.6 Å². The maximum atomic E-state index is 13.7. The summed E-state index contributed by atoms with van der Waals surface area (Å²) < 4.78 is 29.5. The number of terminal acetylenes is 1. The van der Waals surface area contributed by atoms with Gasteiger partial charge in [0, 0.05) is 79.1 Å². The lowest BCUT2D eigenvalue weighted by Gasteiger charge is -2.40. The Morgan fingerprint density at radius 3 is 2.65 bits per heavy atom. The number of fused-ring (bicyclic) bond motifs is 1. The van der Waals surface area contributed by atoms with Gasteiger partial charge < -0.3 is 20.4 Å². The molecule has 1 aliphatic heterocycles. The minimum Gasteiger partial charge on any atom is -0.618 e. The zero-order chi connectivity index (χ0) is 30.1. The summed E-state index contributed by atoms with van der Waals surface area (Å²) in [6.45, 7) is 0.472. The number of hydrogen-bond acceptors (Lipinski definition) is 7. The van der Waals surface area contributed by atoms with E-state index in [0.29, 0.717) is 38.9 Å². The van der Waals surface area contributed by atoms with Crippen molar-refractivity contribution in [2.75, 3.05) is 26.2 Å². The number of carbonyl (C=O) groups excluding carboxylic acids is 2. The third-order valence-corrected chi connectivity index (χ3v) is 9.56. The molecule has 3 aromatic heterocycles. The van der Waals surface area contributed by atoms with Gasteiger partial charge in [0.15, 0.2) is 6.20 Å². The fraction of sp³-hybridized carbons (Fsp3) is 0.300. The van der Waals surface area contributed by atoms with E-state index in [-0.39, 0.29) is 48.9 Å². The number of H-pyrrole nitrogens is 1. The van der Waals surface area contributed by atoms with E-state index in [4.69, 9.17) is 6.42 Å². The van der Waals surface area contributed by atoms with Gasteiger partial charge in [0.25, 0.3) is 15.9 Å². The number of nitrogens with one attached hydrogen (secondary N) is 2. The van der Waals surface area contributed by atoms with E-state index in [0.717, 1.165) is 12.8 Å². The van der Waals surface area contributed by atoms with E-state index in [9.17, 15) is 23.2 Å². The van der Waals surface area contributed by atoms with E-state index in [1.54, 1.807) is 47.4 Å². The predicted molar refractivity (Wildman–Crippen MR) is 157 cm³/mol. The summed E-state index contributed by atoms with van der Waals surface area (Å²) in [5.74, 6) is 2.02. The average molecular weight is 600 g/mol. The molecule has 220 valence electrons. The summed E-state index contributed by atoms with van der Waals surface area (Å²) in [6, 6.07) is 11.2. The predicted octanol–water partition coefficient (Wildman–Crippen LogP) is 1.67. The van der Waals surface area contributed by atoms with Gasteiger partial charge in [0.05, 0.1) is 5.56 Å². The summed E-state index contributed by atoms with van der Waals surface area (Å²) >= 11 is 0. The minimum atomic E-state index is -3.94. The molecule has 6 rings (SSSR count). The molecule has 1 aliphatic carbocycles. The molecule has 1 unspecified atom stereocenters. The first-order valence-corrected chi connectivity index (χ1v) is 15.4. The Hall–Kier alpha value is -4.80. The summed E-state index contributed by atoms with van der Waals surface area (Å²) in [5.41, 5.74) is 2.08. The zero-order valence-electron chi connectivity index (χ0n) is 23.1. The standard InChI is InChI=1S/C30H29N7O5S/c1-2-20-6-9-25-22(15-20)16-27(34-25)43(41,42)35-13-14-36(24(19-35)10-11-31-29(38)21-7-8-21)30(39)28-32-17-23(18-33-28)26-5-3-4-12-37(26)40/h1,3-6,9,12,15-18,21,24,34H,7-8,10-11,13-14,19H2,(H,31,38). The number of carbonyl (C=O) groups is 2. The van der Waals surface area contributed by atoms with Crippen LogP contribution in [0.3, 0.4) is 0 Å². The summed E-state index contributed by atoms with van der Waals surface area (Å²) in [6.07, 6.45) is 11.7. The maximum Gasteiger partial charge on any atom is 0.291 e. The van der Waals surface area contributed by atoms with Crippen LogP contribution in [0, 0.1) is 23.5 Å². The van der Waals surface area contributed by atoms with Crippen LogP contribution in [0.5, 0.6) is 0 Å². The van der Waals surface area contributed by atoms with Crippen molar-refractivity contribution >= 4 is 32.7 Å². The quantitative estimate of drug-likeness (QED) is 0.177. The number of aromatic amines is 1. The summed E-state index contributed by atoms with van der Waals surface area (Å²) in [5, 5.41) is 15.7. The molecule has 2 fully saturated rings. The van der Waals surface area contributed by atoms with Gasteiger partial charge in [-0.05, 0) is 49.6 Å². The largest absolute Gasteiger partial charge is 0.618 e. The molecule has 12 nitrogen and oxygen atoms in total. The molecule has 1 atom stereocenters. The first-order valence-electron chi connectivity index (χ1n) is 13.9. The van der Waals surface area contributed by atoms with Crippen molar-refractivity contribution in [3.8, 4) is 23.6 Å². The van der Waals surface area contributed by atoms with Crippen molar-refractivity contribution in [3.05, 3.63) is 77.7 Å². The number of sulfonamides is 1. The second kappa shape index (κ2) is 11.5. The molecule has 1 aromatic carbocycles. The number of amides is 2. The van der Waals surface area contributed by atoms with Gasteiger partial charge >= 0.3 is 0 Å². The van der Waals surface area contributed by atoms with Crippen LogP contribution in [0.4, 0.5) is 0 Å². The van der Waals surface area contributed by atoms with Gasteiger partial charge in [-0.25, -0.2) is 18.4 Å². The molecule has 1 saturated carbocycles. The molecule has 2 N–H and O–H groups in total. The lowest BCUT2D eigenvalue weighted by atomic mass is 10.1. The molecule has 13 heteroatoms. The molecule has 43 heavy (non-hydrogen) atoms. The smallest absolute Gasteiger partial charge is 0.291 e. The van der Waals surface area contributed by atoms with Crippen LogP contribution in [0.15, 0.2) is 66.1 Å². The molecule has 2 aliphatic rings. The Labute approximate surface area is 248 Å². The highest BCUT2D eigenvalue weighted by Crippen LogP contribution is 2.29. The van der Waals surface area contributed by atoms with Gasteiger partial charge in [0.1, 0.15) is 5.03 Å². The van der Waals surface area contributed by atoms with Crippen molar-refractivity contribution in [2.45, 2.75) is 30.3 Å². The fourth-order valence-electron chi connectivity index (χ4n) is 5.24. The zero-order valence-corrected chi connectivity index (χ0v) is 24.0.